The number of nitrogens with one attached hydrogen (secondary N) is 1. The second-order valence-electron chi connectivity index (χ2n) is 5.10. The molecule has 5 heteroatoms. The van der Waals surface area contributed by atoms with E-state index in [-0.39, 0.29) is 29.8 Å². The Morgan fingerprint density at radius 3 is 3.00 bits per heavy atom. The van der Waals surface area contributed by atoms with Gasteiger partial charge < -0.3 is 11.1 Å². The smallest absolute Gasteiger partial charge is 0.225 e. The number of amides is 1. The first-order chi connectivity index (χ1) is 8.09. The monoisotopic (exact) mass is 288 g/mol. The lowest BCUT2D eigenvalue weighted by atomic mass is 9.74. The highest BCUT2D eigenvalue weighted by atomic mass is 35.5. The molecule has 1 saturated carbocycles. The van der Waals surface area contributed by atoms with Crippen LogP contribution in [-0.4, -0.2) is 11.4 Å². The van der Waals surface area contributed by atoms with Gasteiger partial charge in [-0.2, -0.15) is 0 Å². The Hall–Kier alpha value is -0.580. The van der Waals surface area contributed by atoms with Gasteiger partial charge >= 0.3 is 0 Å². The van der Waals surface area contributed by atoms with Gasteiger partial charge in [-0.25, -0.2) is 0 Å². The fourth-order valence-electron chi connectivity index (χ4n) is 2.50. The van der Waals surface area contributed by atoms with E-state index in [9.17, 15) is 4.79 Å². The number of rotatable bonds is 3. The van der Waals surface area contributed by atoms with Crippen molar-refractivity contribution in [1.82, 2.24) is 5.32 Å². The first-order valence-corrected chi connectivity index (χ1v) is 7.06. The highest BCUT2D eigenvalue weighted by Crippen LogP contribution is 2.31. The molecule has 0 radical (unpaired) electrons. The maximum absolute atomic E-state index is 12.1. The second-order valence-corrected chi connectivity index (χ2v) is 6.13. The van der Waals surface area contributed by atoms with Crippen LogP contribution in [0.15, 0.2) is 17.5 Å². The Kier molecular flexibility index (Phi) is 5.63. The molecular formula is C13H21ClN2OS. The Morgan fingerprint density at radius 2 is 2.39 bits per heavy atom. The van der Waals surface area contributed by atoms with E-state index in [0.717, 1.165) is 25.7 Å². The number of carbonyl (C=O) groups excluding carboxylic acids is 1. The third-order valence-corrected chi connectivity index (χ3v) is 4.46. The number of hydrogen-bond donors (Lipinski definition) is 2. The Labute approximate surface area is 119 Å². The van der Waals surface area contributed by atoms with Gasteiger partial charge in [0.15, 0.2) is 0 Å². The fourth-order valence-corrected chi connectivity index (χ4v) is 3.14. The highest BCUT2D eigenvalue weighted by molar-refractivity contribution is 7.09. The third kappa shape index (κ3) is 3.70. The van der Waals surface area contributed by atoms with E-state index >= 15 is 0 Å². The number of thiophene rings is 1. The molecule has 18 heavy (non-hydrogen) atoms. The van der Waals surface area contributed by atoms with Crippen molar-refractivity contribution in [3.63, 3.8) is 0 Å². The van der Waals surface area contributed by atoms with Crippen molar-refractivity contribution in [3.8, 4) is 0 Å². The molecule has 2 atom stereocenters. The zero-order valence-electron chi connectivity index (χ0n) is 10.6. The lowest BCUT2D eigenvalue weighted by Gasteiger charge is -2.37. The van der Waals surface area contributed by atoms with Crippen LogP contribution < -0.4 is 11.1 Å². The average Bonchev–Trinajstić information content (AvgIpc) is 2.78. The zero-order chi connectivity index (χ0) is 12.3. The molecule has 1 amide bonds. The van der Waals surface area contributed by atoms with Crippen LogP contribution in [0.3, 0.4) is 0 Å². The standard InChI is InChI=1S/C13H20N2OS.ClH/c1-13(14)7-3-2-6-11(13)12(16)15-9-10-5-4-8-17-10;/h4-5,8,11H,2-3,6-7,9,14H2,1H3,(H,15,16);1H. The summed E-state index contributed by atoms with van der Waals surface area (Å²) < 4.78 is 0. The van der Waals surface area contributed by atoms with Crippen LogP contribution in [0.5, 0.6) is 0 Å². The molecule has 2 rings (SSSR count). The largest absolute Gasteiger partial charge is 0.351 e. The van der Waals surface area contributed by atoms with Gasteiger partial charge in [-0.1, -0.05) is 18.9 Å². The van der Waals surface area contributed by atoms with Crippen molar-refractivity contribution in [3.05, 3.63) is 22.4 Å². The van der Waals surface area contributed by atoms with Gasteiger partial charge in [-0.05, 0) is 31.2 Å². The lowest BCUT2D eigenvalue weighted by Crippen LogP contribution is -2.52. The maximum atomic E-state index is 12.1. The normalized spacial score (nSPS) is 27.3. The molecule has 0 spiro atoms. The van der Waals surface area contributed by atoms with Gasteiger partial charge in [0.1, 0.15) is 0 Å². The molecule has 2 unspecified atom stereocenters. The Balaban J connectivity index is 0.00000162. The van der Waals surface area contributed by atoms with E-state index in [2.05, 4.69) is 5.32 Å². The number of nitrogens with two attached hydrogens (primary N) is 1. The van der Waals surface area contributed by atoms with Crippen LogP contribution in [0.1, 0.15) is 37.5 Å². The zero-order valence-corrected chi connectivity index (χ0v) is 12.3. The molecule has 1 fully saturated rings. The maximum Gasteiger partial charge on any atom is 0.225 e. The van der Waals surface area contributed by atoms with E-state index in [1.807, 2.05) is 24.4 Å². The molecule has 1 aromatic heterocycles. The molecule has 1 aliphatic carbocycles. The Morgan fingerprint density at radius 1 is 1.61 bits per heavy atom. The van der Waals surface area contributed by atoms with E-state index in [1.165, 1.54) is 4.88 Å². The predicted molar refractivity (Wildman–Crippen MR) is 78.0 cm³/mol. The van der Waals surface area contributed by atoms with Crippen LogP contribution in [-0.2, 0) is 11.3 Å². The van der Waals surface area contributed by atoms with Crippen molar-refractivity contribution in [2.75, 3.05) is 0 Å². The minimum atomic E-state index is -0.336. The first-order valence-electron chi connectivity index (χ1n) is 6.18. The summed E-state index contributed by atoms with van der Waals surface area (Å²) in [5.41, 5.74) is 5.88. The van der Waals surface area contributed by atoms with Gasteiger partial charge in [0, 0.05) is 10.4 Å². The molecule has 3 N–H and O–H groups in total. The van der Waals surface area contributed by atoms with Crippen LogP contribution in [0.25, 0.3) is 0 Å². The molecule has 0 aliphatic heterocycles. The molecule has 1 aromatic rings. The summed E-state index contributed by atoms with van der Waals surface area (Å²) in [6.45, 7) is 2.63. The predicted octanol–water partition coefficient (Wildman–Crippen LogP) is 2.69. The van der Waals surface area contributed by atoms with Gasteiger partial charge in [-0.15, -0.1) is 23.7 Å². The van der Waals surface area contributed by atoms with Crippen molar-refractivity contribution < 1.29 is 4.79 Å². The minimum Gasteiger partial charge on any atom is -0.351 e. The van der Waals surface area contributed by atoms with E-state index in [1.54, 1.807) is 11.3 Å². The van der Waals surface area contributed by atoms with E-state index in [4.69, 9.17) is 5.73 Å². The summed E-state index contributed by atoms with van der Waals surface area (Å²) >= 11 is 1.67. The van der Waals surface area contributed by atoms with Crippen LogP contribution in [0, 0.1) is 5.92 Å². The molecule has 0 saturated heterocycles. The molecule has 0 aromatic carbocycles. The van der Waals surface area contributed by atoms with Crippen molar-refractivity contribution >= 4 is 29.7 Å². The minimum absolute atomic E-state index is 0. The lowest BCUT2D eigenvalue weighted by molar-refractivity contribution is -0.128. The summed E-state index contributed by atoms with van der Waals surface area (Å²) in [5.74, 6) is 0.0827. The van der Waals surface area contributed by atoms with Crippen LogP contribution in [0.2, 0.25) is 0 Å². The number of carbonyl (C=O) groups is 1. The average molecular weight is 289 g/mol. The Bertz CT molecular complexity index is 378. The van der Waals surface area contributed by atoms with Crippen molar-refractivity contribution in [2.45, 2.75) is 44.7 Å². The topological polar surface area (TPSA) is 55.1 Å². The summed E-state index contributed by atoms with van der Waals surface area (Å²) in [7, 11) is 0. The van der Waals surface area contributed by atoms with Gasteiger partial charge in [-0.3, -0.25) is 4.79 Å². The van der Waals surface area contributed by atoms with Crippen LogP contribution >= 0.6 is 23.7 Å². The highest BCUT2D eigenvalue weighted by Gasteiger charge is 2.37. The summed E-state index contributed by atoms with van der Waals surface area (Å²) in [4.78, 5) is 13.3. The van der Waals surface area contributed by atoms with E-state index < -0.39 is 0 Å². The molecular weight excluding hydrogens is 268 g/mol. The fraction of sp³-hybridized carbons (Fsp3) is 0.615. The van der Waals surface area contributed by atoms with Gasteiger partial charge in [0.05, 0.1) is 12.5 Å². The van der Waals surface area contributed by atoms with Gasteiger partial charge in [0.2, 0.25) is 5.91 Å². The number of hydrogen-bond acceptors (Lipinski definition) is 3. The van der Waals surface area contributed by atoms with Crippen molar-refractivity contribution in [1.29, 1.82) is 0 Å². The third-order valence-electron chi connectivity index (χ3n) is 3.59. The molecule has 1 aliphatic rings. The SMILES string of the molecule is CC1(N)CCCCC1C(=O)NCc1cccs1.Cl. The number of halogens is 1. The second kappa shape index (κ2) is 6.55. The van der Waals surface area contributed by atoms with Gasteiger partial charge in [0.25, 0.3) is 0 Å². The summed E-state index contributed by atoms with van der Waals surface area (Å²) in [6, 6.07) is 4.03. The van der Waals surface area contributed by atoms with Crippen molar-refractivity contribution in [2.24, 2.45) is 11.7 Å². The first kappa shape index (κ1) is 15.5. The molecule has 3 nitrogen and oxygen atoms in total. The molecule has 1 heterocycles. The molecule has 0 bridgehead atoms. The van der Waals surface area contributed by atoms with Crippen LogP contribution in [0.4, 0.5) is 0 Å². The summed E-state index contributed by atoms with van der Waals surface area (Å²) in [6.07, 6.45) is 4.12. The van der Waals surface area contributed by atoms with E-state index in [0.29, 0.717) is 6.54 Å². The quantitative estimate of drug-likeness (QED) is 0.898. The summed E-state index contributed by atoms with van der Waals surface area (Å²) in [5, 5.41) is 5.02. The molecule has 102 valence electrons.